The topological polar surface area (TPSA) is 155 Å². The van der Waals surface area contributed by atoms with Gasteiger partial charge in [0.05, 0.1) is 6.10 Å². The Morgan fingerprint density at radius 2 is 0.931 bits per heavy atom. The second-order valence-electron chi connectivity index (χ2n) is 16.2. The van der Waals surface area contributed by atoms with Crippen molar-refractivity contribution in [3.05, 3.63) is 24.3 Å². The molecule has 58 heavy (non-hydrogen) atoms. The van der Waals surface area contributed by atoms with E-state index in [1.165, 1.54) is 89.9 Å². The van der Waals surface area contributed by atoms with E-state index in [-0.39, 0.29) is 44.0 Å². The van der Waals surface area contributed by atoms with Crippen molar-refractivity contribution in [2.45, 2.75) is 238 Å². The molecule has 0 spiro atoms. The lowest BCUT2D eigenvalue weighted by Crippen LogP contribution is -2.42. The Hall–Kier alpha value is -2.44. The minimum atomic E-state index is -4.54. The molecule has 0 bridgehead atoms. The standard InChI is InChI=1S/C46H83NO10S/c1-3-5-7-9-11-13-15-17-19-21-23-25-27-29-31-33-44(48)54-39-43(56-46(50)47-41-35-37-42(38-36-41)57-58(51,52)53)40-55-45(49)34-32-30-28-26-24-22-20-18-16-14-12-10-8-6-4-2/h17-20,41-43H,3-16,21-40H2,1-2H3,(H,47,50)(H,51,52,53)/b19-17-,20-18-. The molecule has 1 fully saturated rings. The van der Waals surface area contributed by atoms with Crippen molar-refractivity contribution in [1.29, 1.82) is 0 Å². The van der Waals surface area contributed by atoms with E-state index < -0.39 is 28.7 Å². The van der Waals surface area contributed by atoms with Gasteiger partial charge in [0.2, 0.25) is 0 Å². The van der Waals surface area contributed by atoms with Crippen LogP contribution in [0.3, 0.4) is 0 Å². The maximum atomic E-state index is 12.8. The number of carbonyl (C=O) groups excluding carboxylic acids is 3. The Kier molecular flexibility index (Phi) is 34.7. The predicted molar refractivity (Wildman–Crippen MR) is 233 cm³/mol. The number of alkyl carbamates (subject to hydrolysis) is 1. The number of unbranched alkanes of at least 4 members (excludes halogenated alkanes) is 22. The van der Waals surface area contributed by atoms with Crippen molar-refractivity contribution in [3.8, 4) is 0 Å². The first-order chi connectivity index (χ1) is 28.1. The number of ether oxygens (including phenoxy) is 3. The van der Waals surface area contributed by atoms with Gasteiger partial charge in [-0.05, 0) is 89.9 Å². The van der Waals surface area contributed by atoms with Crippen molar-refractivity contribution in [3.63, 3.8) is 0 Å². The quantitative estimate of drug-likeness (QED) is 0.0202. The Balaban J connectivity index is 2.34. The smallest absolute Gasteiger partial charge is 0.407 e. The molecule has 2 N–H and O–H groups in total. The van der Waals surface area contributed by atoms with Gasteiger partial charge in [-0.1, -0.05) is 141 Å². The lowest BCUT2D eigenvalue weighted by molar-refractivity contribution is -0.152. The molecule has 1 aliphatic rings. The highest BCUT2D eigenvalue weighted by Crippen LogP contribution is 2.23. The van der Waals surface area contributed by atoms with E-state index in [2.05, 4.69) is 47.7 Å². The molecule has 0 radical (unpaired) electrons. The maximum Gasteiger partial charge on any atom is 0.407 e. The van der Waals surface area contributed by atoms with Gasteiger partial charge < -0.3 is 19.5 Å². The predicted octanol–water partition coefficient (Wildman–Crippen LogP) is 12.4. The molecule has 12 heteroatoms. The van der Waals surface area contributed by atoms with Gasteiger partial charge in [0, 0.05) is 18.9 Å². The summed E-state index contributed by atoms with van der Waals surface area (Å²) in [4.78, 5) is 37.9. The summed E-state index contributed by atoms with van der Waals surface area (Å²) >= 11 is 0. The number of rotatable bonds is 38. The monoisotopic (exact) mass is 842 g/mol. The number of esters is 2. The highest BCUT2D eigenvalue weighted by molar-refractivity contribution is 7.80. The number of allylic oxidation sites excluding steroid dienone is 4. The third-order valence-corrected chi connectivity index (χ3v) is 11.2. The number of nitrogens with one attached hydrogen (secondary N) is 1. The van der Waals surface area contributed by atoms with E-state index in [1.807, 2.05) is 0 Å². The van der Waals surface area contributed by atoms with Gasteiger partial charge in [-0.25, -0.2) is 8.98 Å². The molecule has 0 unspecified atom stereocenters. The first-order valence-electron chi connectivity index (χ1n) is 23.4. The second kappa shape index (κ2) is 37.6. The normalized spacial score (nSPS) is 16.0. The number of carbonyl (C=O) groups is 3. The van der Waals surface area contributed by atoms with Crippen LogP contribution < -0.4 is 5.32 Å². The average Bonchev–Trinajstić information content (AvgIpc) is 3.19. The minimum Gasteiger partial charge on any atom is -0.462 e. The Bertz CT molecular complexity index is 1130. The SMILES string of the molecule is CCCCCCCC/C=C\CCCCCCCC(=O)OCC(COC(=O)CCCCCCC/C=C\CCCCCCCC)OC(=O)NC1CCC(OS(=O)(=O)O)CC1. The lowest BCUT2D eigenvalue weighted by Gasteiger charge is -2.28. The molecule has 1 rings (SSSR count). The van der Waals surface area contributed by atoms with Crippen LogP contribution in [0.1, 0.15) is 219 Å². The van der Waals surface area contributed by atoms with E-state index in [9.17, 15) is 22.8 Å². The first-order valence-corrected chi connectivity index (χ1v) is 24.7. The first kappa shape index (κ1) is 53.6. The highest BCUT2D eigenvalue weighted by Gasteiger charge is 2.28. The second-order valence-corrected chi connectivity index (χ2v) is 17.3. The zero-order chi connectivity index (χ0) is 42.4. The number of hydrogen-bond donors (Lipinski definition) is 2. The summed E-state index contributed by atoms with van der Waals surface area (Å²) in [6.07, 6.45) is 39.2. The zero-order valence-electron chi connectivity index (χ0n) is 36.6. The third kappa shape index (κ3) is 35.5. The Morgan fingerprint density at radius 1 is 0.569 bits per heavy atom. The maximum absolute atomic E-state index is 12.8. The summed E-state index contributed by atoms with van der Waals surface area (Å²) in [5.74, 6) is -0.771. The van der Waals surface area contributed by atoms with E-state index in [0.717, 1.165) is 64.2 Å². The van der Waals surface area contributed by atoms with Crippen LogP contribution in [0.2, 0.25) is 0 Å². The summed E-state index contributed by atoms with van der Waals surface area (Å²) in [5.41, 5.74) is 0. The van der Waals surface area contributed by atoms with Crippen LogP contribution in [0.5, 0.6) is 0 Å². The molecule has 0 aromatic heterocycles. The largest absolute Gasteiger partial charge is 0.462 e. The van der Waals surface area contributed by atoms with Gasteiger partial charge in [0.1, 0.15) is 13.2 Å². The minimum absolute atomic E-state index is 0.229. The lowest BCUT2D eigenvalue weighted by atomic mass is 9.93. The van der Waals surface area contributed by atoms with Crippen molar-refractivity contribution in [2.24, 2.45) is 0 Å². The fourth-order valence-corrected chi connectivity index (χ4v) is 7.68. The summed E-state index contributed by atoms with van der Waals surface area (Å²) in [6.45, 7) is 4.03. The van der Waals surface area contributed by atoms with Crippen LogP contribution in [0.25, 0.3) is 0 Å². The van der Waals surface area contributed by atoms with E-state index in [1.54, 1.807) is 0 Å². The van der Waals surface area contributed by atoms with Crippen molar-refractivity contribution in [1.82, 2.24) is 5.32 Å². The average molecular weight is 842 g/mol. The van der Waals surface area contributed by atoms with Crippen molar-refractivity contribution < 1.29 is 45.7 Å². The van der Waals surface area contributed by atoms with Crippen LogP contribution in [-0.2, 0) is 38.4 Å². The van der Waals surface area contributed by atoms with E-state index >= 15 is 0 Å². The summed E-state index contributed by atoms with van der Waals surface area (Å²) in [5, 5.41) is 2.76. The van der Waals surface area contributed by atoms with Crippen molar-refractivity contribution >= 4 is 28.4 Å². The molecule has 0 aromatic rings. The fraction of sp³-hybridized carbons (Fsp3) is 0.848. The van der Waals surface area contributed by atoms with E-state index in [4.69, 9.17) is 18.8 Å². The van der Waals surface area contributed by atoms with Crippen LogP contribution >= 0.6 is 0 Å². The molecule has 0 atom stereocenters. The molecule has 1 aliphatic carbocycles. The summed E-state index contributed by atoms with van der Waals surface area (Å²) < 4.78 is 52.1. The molecular weight excluding hydrogens is 759 g/mol. The number of amides is 1. The summed E-state index contributed by atoms with van der Waals surface area (Å²) in [6, 6.07) is -0.290. The number of hydrogen-bond acceptors (Lipinski definition) is 9. The van der Waals surface area contributed by atoms with Gasteiger partial charge in [-0.15, -0.1) is 0 Å². The Morgan fingerprint density at radius 3 is 1.31 bits per heavy atom. The molecule has 1 amide bonds. The fourth-order valence-electron chi connectivity index (χ4n) is 7.14. The van der Waals surface area contributed by atoms with E-state index in [0.29, 0.717) is 38.5 Å². The molecule has 11 nitrogen and oxygen atoms in total. The molecule has 0 heterocycles. The molecule has 338 valence electrons. The van der Waals surface area contributed by atoms with Gasteiger partial charge in [-0.3, -0.25) is 14.1 Å². The van der Waals surface area contributed by atoms with Gasteiger partial charge >= 0.3 is 28.4 Å². The van der Waals surface area contributed by atoms with Crippen LogP contribution in [0.15, 0.2) is 24.3 Å². The van der Waals surface area contributed by atoms with Crippen LogP contribution in [0.4, 0.5) is 4.79 Å². The van der Waals surface area contributed by atoms with Crippen LogP contribution in [0, 0.1) is 0 Å². The Labute approximate surface area is 353 Å². The third-order valence-electron chi connectivity index (χ3n) is 10.7. The summed E-state index contributed by atoms with van der Waals surface area (Å²) in [7, 11) is -4.54. The van der Waals surface area contributed by atoms with Crippen molar-refractivity contribution in [2.75, 3.05) is 13.2 Å². The van der Waals surface area contributed by atoms with Gasteiger partial charge in [0.15, 0.2) is 6.10 Å². The van der Waals surface area contributed by atoms with Gasteiger partial charge in [-0.2, -0.15) is 8.42 Å². The van der Waals surface area contributed by atoms with Gasteiger partial charge in [0.25, 0.3) is 0 Å². The molecule has 1 saturated carbocycles. The molecule has 0 saturated heterocycles. The molecule has 0 aromatic carbocycles. The van der Waals surface area contributed by atoms with Crippen LogP contribution in [-0.4, -0.2) is 62.5 Å². The highest BCUT2D eigenvalue weighted by atomic mass is 32.3. The molecule has 0 aliphatic heterocycles. The zero-order valence-corrected chi connectivity index (χ0v) is 37.4. The molecular formula is C46H83NO10S.